The predicted octanol–water partition coefficient (Wildman–Crippen LogP) is 3.84. The molecule has 1 N–H and O–H groups in total. The van der Waals surface area contributed by atoms with Crippen LogP contribution in [0.25, 0.3) is 0 Å². The average molecular weight is 272 g/mol. The fourth-order valence-corrected chi connectivity index (χ4v) is 3.75. The van der Waals surface area contributed by atoms with Crippen molar-refractivity contribution in [3.63, 3.8) is 0 Å². The standard InChI is InChI=1S/C12H18ClN3S/c1-8-4-3-5-9(6-8)17-11-10(13)7-15-12(14-2)16-11/h7-9H,3-6H2,1-2H3,(H,14,15,16). The minimum atomic E-state index is 0.640. The first-order valence-corrected chi connectivity index (χ1v) is 7.31. The summed E-state index contributed by atoms with van der Waals surface area (Å²) in [6, 6.07) is 0. The molecule has 1 saturated carbocycles. The van der Waals surface area contributed by atoms with Crippen LogP contribution in [0.15, 0.2) is 11.2 Å². The Hall–Kier alpha value is -0.480. The Morgan fingerprint density at radius 3 is 3.00 bits per heavy atom. The zero-order chi connectivity index (χ0) is 12.3. The van der Waals surface area contributed by atoms with Crippen molar-refractivity contribution < 1.29 is 0 Å². The van der Waals surface area contributed by atoms with Crippen LogP contribution >= 0.6 is 23.4 Å². The molecule has 0 saturated heterocycles. The van der Waals surface area contributed by atoms with Crippen LogP contribution in [-0.2, 0) is 0 Å². The van der Waals surface area contributed by atoms with Crippen molar-refractivity contribution in [2.24, 2.45) is 5.92 Å². The quantitative estimate of drug-likeness (QED) is 0.848. The molecule has 1 aromatic heterocycles. The van der Waals surface area contributed by atoms with Crippen molar-refractivity contribution in [2.45, 2.75) is 42.9 Å². The van der Waals surface area contributed by atoms with Crippen molar-refractivity contribution >= 4 is 29.3 Å². The van der Waals surface area contributed by atoms with Gasteiger partial charge in [-0.1, -0.05) is 31.4 Å². The van der Waals surface area contributed by atoms with Gasteiger partial charge in [0.1, 0.15) is 5.03 Å². The summed E-state index contributed by atoms with van der Waals surface area (Å²) in [5.74, 6) is 1.46. The van der Waals surface area contributed by atoms with E-state index in [-0.39, 0.29) is 0 Å². The van der Waals surface area contributed by atoms with E-state index in [4.69, 9.17) is 11.6 Å². The summed E-state index contributed by atoms with van der Waals surface area (Å²) in [5.41, 5.74) is 0. The summed E-state index contributed by atoms with van der Waals surface area (Å²) in [6.45, 7) is 2.33. The van der Waals surface area contributed by atoms with Crippen LogP contribution in [0.4, 0.5) is 5.95 Å². The maximum atomic E-state index is 6.14. The fourth-order valence-electron chi connectivity index (χ4n) is 2.20. The minimum absolute atomic E-state index is 0.640. The fraction of sp³-hybridized carbons (Fsp3) is 0.667. The Kier molecular flexibility index (Phi) is 4.51. The Morgan fingerprint density at radius 1 is 1.47 bits per heavy atom. The number of hydrogen-bond donors (Lipinski definition) is 1. The van der Waals surface area contributed by atoms with Gasteiger partial charge in [0.2, 0.25) is 5.95 Å². The highest BCUT2D eigenvalue weighted by Crippen LogP contribution is 2.37. The van der Waals surface area contributed by atoms with Crippen molar-refractivity contribution in [1.82, 2.24) is 9.97 Å². The number of aromatic nitrogens is 2. The third-order valence-electron chi connectivity index (χ3n) is 3.10. The van der Waals surface area contributed by atoms with Gasteiger partial charge in [-0.2, -0.15) is 0 Å². The molecule has 17 heavy (non-hydrogen) atoms. The van der Waals surface area contributed by atoms with Gasteiger partial charge in [-0.05, 0) is 18.8 Å². The molecule has 2 unspecified atom stereocenters. The first-order chi connectivity index (χ1) is 8.19. The molecule has 5 heteroatoms. The highest BCUT2D eigenvalue weighted by Gasteiger charge is 2.21. The number of anilines is 1. The highest BCUT2D eigenvalue weighted by atomic mass is 35.5. The van der Waals surface area contributed by atoms with E-state index in [9.17, 15) is 0 Å². The number of halogens is 1. The van der Waals surface area contributed by atoms with Crippen LogP contribution in [0.5, 0.6) is 0 Å². The Bertz CT molecular complexity index is 386. The highest BCUT2D eigenvalue weighted by molar-refractivity contribution is 8.00. The molecule has 1 aromatic rings. The van der Waals surface area contributed by atoms with Gasteiger partial charge in [-0.25, -0.2) is 9.97 Å². The van der Waals surface area contributed by atoms with Crippen LogP contribution in [0, 0.1) is 5.92 Å². The van der Waals surface area contributed by atoms with E-state index in [1.807, 2.05) is 7.05 Å². The topological polar surface area (TPSA) is 37.8 Å². The Balaban J connectivity index is 2.06. The lowest BCUT2D eigenvalue weighted by atomic mass is 9.91. The number of nitrogens with zero attached hydrogens (tertiary/aromatic N) is 2. The number of nitrogens with one attached hydrogen (secondary N) is 1. The average Bonchev–Trinajstić information content (AvgIpc) is 2.32. The molecule has 0 radical (unpaired) electrons. The Morgan fingerprint density at radius 2 is 2.29 bits per heavy atom. The van der Waals surface area contributed by atoms with Gasteiger partial charge in [0.15, 0.2) is 0 Å². The molecule has 0 aromatic carbocycles. The maximum Gasteiger partial charge on any atom is 0.223 e. The van der Waals surface area contributed by atoms with Crippen LogP contribution in [0.1, 0.15) is 32.6 Å². The molecule has 2 rings (SSSR count). The minimum Gasteiger partial charge on any atom is -0.357 e. The van der Waals surface area contributed by atoms with E-state index < -0.39 is 0 Å². The van der Waals surface area contributed by atoms with Crippen LogP contribution < -0.4 is 5.32 Å². The molecule has 94 valence electrons. The molecular formula is C12H18ClN3S. The summed E-state index contributed by atoms with van der Waals surface area (Å²) in [5, 5.41) is 5.16. The number of thioether (sulfide) groups is 1. The normalized spacial score (nSPS) is 24.6. The van der Waals surface area contributed by atoms with Gasteiger partial charge in [-0.15, -0.1) is 11.8 Å². The third kappa shape index (κ3) is 3.49. The summed E-state index contributed by atoms with van der Waals surface area (Å²) in [7, 11) is 1.82. The molecule has 0 aliphatic heterocycles. The number of rotatable bonds is 3. The van der Waals surface area contributed by atoms with E-state index in [1.54, 1.807) is 18.0 Å². The molecule has 1 heterocycles. The molecule has 0 amide bonds. The number of hydrogen-bond acceptors (Lipinski definition) is 4. The lowest BCUT2D eigenvalue weighted by Crippen LogP contribution is -2.15. The predicted molar refractivity (Wildman–Crippen MR) is 73.9 cm³/mol. The summed E-state index contributed by atoms with van der Waals surface area (Å²) in [4.78, 5) is 8.52. The van der Waals surface area contributed by atoms with Crippen molar-refractivity contribution in [3.05, 3.63) is 11.2 Å². The molecule has 3 nitrogen and oxygen atoms in total. The SMILES string of the molecule is CNc1ncc(Cl)c(SC2CCCC(C)C2)n1. The molecule has 1 aliphatic carbocycles. The summed E-state index contributed by atoms with van der Waals surface area (Å²) < 4.78 is 0. The van der Waals surface area contributed by atoms with Gasteiger partial charge in [0.25, 0.3) is 0 Å². The molecule has 1 aliphatic rings. The van der Waals surface area contributed by atoms with Gasteiger partial charge >= 0.3 is 0 Å². The van der Waals surface area contributed by atoms with E-state index in [0.29, 0.717) is 16.2 Å². The zero-order valence-electron chi connectivity index (χ0n) is 10.2. The van der Waals surface area contributed by atoms with E-state index in [1.165, 1.54) is 25.7 Å². The van der Waals surface area contributed by atoms with Gasteiger partial charge in [-0.3, -0.25) is 0 Å². The van der Waals surface area contributed by atoms with Crippen LogP contribution in [0.2, 0.25) is 5.02 Å². The molecular weight excluding hydrogens is 254 g/mol. The summed E-state index contributed by atoms with van der Waals surface area (Å²) >= 11 is 7.94. The Labute approximate surface area is 112 Å². The van der Waals surface area contributed by atoms with E-state index >= 15 is 0 Å². The van der Waals surface area contributed by atoms with Crippen molar-refractivity contribution in [3.8, 4) is 0 Å². The van der Waals surface area contributed by atoms with Crippen molar-refractivity contribution in [2.75, 3.05) is 12.4 Å². The van der Waals surface area contributed by atoms with Crippen molar-refractivity contribution in [1.29, 1.82) is 0 Å². The largest absolute Gasteiger partial charge is 0.357 e. The zero-order valence-corrected chi connectivity index (χ0v) is 11.8. The first-order valence-electron chi connectivity index (χ1n) is 6.06. The second kappa shape index (κ2) is 5.91. The summed E-state index contributed by atoms with van der Waals surface area (Å²) in [6.07, 6.45) is 6.88. The lowest BCUT2D eigenvalue weighted by molar-refractivity contribution is 0.394. The second-order valence-electron chi connectivity index (χ2n) is 4.61. The molecule has 0 bridgehead atoms. The van der Waals surface area contributed by atoms with Gasteiger partial charge in [0, 0.05) is 12.3 Å². The van der Waals surface area contributed by atoms with Gasteiger partial charge in [0.05, 0.1) is 11.2 Å². The maximum absolute atomic E-state index is 6.14. The van der Waals surface area contributed by atoms with Crippen LogP contribution in [-0.4, -0.2) is 22.3 Å². The first kappa shape index (κ1) is 13.0. The molecule has 0 spiro atoms. The third-order valence-corrected chi connectivity index (χ3v) is 4.79. The molecule has 1 fully saturated rings. The monoisotopic (exact) mass is 271 g/mol. The lowest BCUT2D eigenvalue weighted by Gasteiger charge is -2.26. The van der Waals surface area contributed by atoms with Crippen LogP contribution in [0.3, 0.4) is 0 Å². The van der Waals surface area contributed by atoms with E-state index in [2.05, 4.69) is 22.2 Å². The van der Waals surface area contributed by atoms with E-state index in [0.717, 1.165) is 10.9 Å². The smallest absolute Gasteiger partial charge is 0.223 e. The molecule has 2 atom stereocenters. The van der Waals surface area contributed by atoms with Gasteiger partial charge < -0.3 is 5.32 Å². The second-order valence-corrected chi connectivity index (χ2v) is 6.30.